The van der Waals surface area contributed by atoms with Gasteiger partial charge in [0.1, 0.15) is 0 Å². The van der Waals surface area contributed by atoms with E-state index in [1.807, 2.05) is 18.2 Å². The molecule has 1 N–H and O–H groups in total. The van der Waals surface area contributed by atoms with Crippen LogP contribution in [0.3, 0.4) is 0 Å². The first kappa shape index (κ1) is 14.3. The first-order valence-corrected chi connectivity index (χ1v) is 7.51. The van der Waals surface area contributed by atoms with Crippen molar-refractivity contribution in [3.63, 3.8) is 0 Å². The van der Waals surface area contributed by atoms with E-state index >= 15 is 0 Å². The average molecular weight is 274 g/mol. The van der Waals surface area contributed by atoms with Gasteiger partial charge in [0.15, 0.2) is 0 Å². The molecular weight excluding hydrogens is 259 g/mol. The Morgan fingerprint density at radius 1 is 1.29 bits per heavy atom. The van der Waals surface area contributed by atoms with Crippen LogP contribution in [0.5, 0.6) is 0 Å². The monoisotopic (exact) mass is 274 g/mol. The van der Waals surface area contributed by atoms with Crippen LogP contribution in [0.2, 0.25) is 0 Å². The molecule has 7 heteroatoms. The van der Waals surface area contributed by atoms with Crippen molar-refractivity contribution in [2.45, 2.75) is 6.92 Å². The highest BCUT2D eigenvalue weighted by Crippen LogP contribution is 2.42. The van der Waals surface area contributed by atoms with Crippen LogP contribution >= 0.6 is 6.64 Å². The second-order valence-corrected chi connectivity index (χ2v) is 6.52. The lowest BCUT2D eigenvalue weighted by Crippen LogP contribution is -2.40. The Balaban J connectivity index is 2.97. The minimum atomic E-state index is -2.67. The molecule has 0 aliphatic rings. The van der Waals surface area contributed by atoms with E-state index in [4.69, 9.17) is 20.9 Å². The zero-order chi connectivity index (χ0) is 12.9. The van der Waals surface area contributed by atoms with Gasteiger partial charge in [0, 0.05) is 21.1 Å². The summed E-state index contributed by atoms with van der Waals surface area (Å²) < 4.78 is 10.2. The van der Waals surface area contributed by atoms with Gasteiger partial charge in [0.05, 0.1) is 5.69 Å². The third-order valence-electron chi connectivity index (χ3n) is 2.03. The van der Waals surface area contributed by atoms with E-state index in [0.717, 1.165) is 0 Å². The number of hydrazine groups is 1. The number of nitrogens with one attached hydrogen (secondary N) is 1. The number of benzene rings is 1. The number of hydrogen-bond acceptors (Lipinski definition) is 4. The predicted octanol–water partition coefficient (Wildman–Crippen LogP) is 2.06. The van der Waals surface area contributed by atoms with E-state index in [-0.39, 0.29) is 5.91 Å². The van der Waals surface area contributed by atoms with Gasteiger partial charge in [-0.25, -0.2) is 5.01 Å². The van der Waals surface area contributed by atoms with Gasteiger partial charge in [0.2, 0.25) is 5.91 Å². The van der Waals surface area contributed by atoms with E-state index < -0.39 is 6.64 Å². The predicted molar refractivity (Wildman–Crippen MR) is 71.0 cm³/mol. The summed E-state index contributed by atoms with van der Waals surface area (Å²) in [7, 11) is 2.89. The molecule has 0 aromatic heterocycles. The van der Waals surface area contributed by atoms with Crippen molar-refractivity contribution in [3.05, 3.63) is 30.3 Å². The Labute approximate surface area is 106 Å². The van der Waals surface area contributed by atoms with Gasteiger partial charge in [-0.1, -0.05) is 18.2 Å². The lowest BCUT2D eigenvalue weighted by Gasteiger charge is -2.28. The fourth-order valence-electron chi connectivity index (χ4n) is 1.17. The van der Waals surface area contributed by atoms with Gasteiger partial charge >= 0.3 is 0 Å². The Kier molecular flexibility index (Phi) is 5.24. The van der Waals surface area contributed by atoms with Crippen LogP contribution in [0, 0.1) is 0 Å². The SMILES string of the molecule is COP(=S)(NN(C(C)=O)c1ccccc1)OC. The molecule has 0 saturated carbocycles. The number of amides is 1. The van der Waals surface area contributed by atoms with Crippen LogP contribution in [-0.2, 0) is 25.6 Å². The van der Waals surface area contributed by atoms with Crippen molar-refractivity contribution < 1.29 is 13.8 Å². The second-order valence-electron chi connectivity index (χ2n) is 3.15. The number of hydrogen-bond donors (Lipinski definition) is 1. The van der Waals surface area contributed by atoms with Crippen LogP contribution in [0.1, 0.15) is 6.92 Å². The summed E-state index contributed by atoms with van der Waals surface area (Å²) >= 11 is 5.16. The molecule has 0 atom stereocenters. The minimum Gasteiger partial charge on any atom is -0.320 e. The standard InChI is InChI=1S/C10H15N2O3PS/c1-9(13)12(10-7-5-4-6-8-10)11-16(17,14-2)15-3/h4-8H,1-3H3,(H,11,17). The highest BCUT2D eigenvalue weighted by Gasteiger charge is 2.22. The molecule has 5 nitrogen and oxygen atoms in total. The largest absolute Gasteiger partial charge is 0.320 e. The minimum absolute atomic E-state index is 0.195. The lowest BCUT2D eigenvalue weighted by molar-refractivity contribution is -0.117. The molecule has 0 radical (unpaired) electrons. The van der Waals surface area contributed by atoms with E-state index in [9.17, 15) is 4.79 Å². The second kappa shape index (κ2) is 6.23. The van der Waals surface area contributed by atoms with E-state index in [0.29, 0.717) is 5.69 Å². The summed E-state index contributed by atoms with van der Waals surface area (Å²) in [5.41, 5.74) is 0.684. The Morgan fingerprint density at radius 2 is 1.82 bits per heavy atom. The van der Waals surface area contributed by atoms with Crippen molar-refractivity contribution in [2.24, 2.45) is 0 Å². The third-order valence-corrected chi connectivity index (χ3v) is 4.58. The van der Waals surface area contributed by atoms with Gasteiger partial charge in [-0.05, 0) is 23.9 Å². The van der Waals surface area contributed by atoms with Gasteiger partial charge in [-0.2, -0.15) is 5.20 Å². The summed E-state index contributed by atoms with van der Waals surface area (Å²) in [6, 6.07) is 9.11. The molecule has 0 fully saturated rings. The number of carbonyl (C=O) groups is 1. The van der Waals surface area contributed by atoms with Crippen molar-refractivity contribution in [2.75, 3.05) is 19.2 Å². The third kappa shape index (κ3) is 3.87. The quantitative estimate of drug-likeness (QED) is 0.658. The molecule has 94 valence electrons. The Hall–Kier alpha value is -0.780. The lowest BCUT2D eigenvalue weighted by atomic mass is 10.3. The number of rotatable bonds is 5. The van der Waals surface area contributed by atoms with Gasteiger partial charge in [-0.3, -0.25) is 4.79 Å². The highest BCUT2D eigenvalue weighted by molar-refractivity contribution is 8.09. The maximum absolute atomic E-state index is 11.6. The molecule has 1 aromatic rings. The fraction of sp³-hybridized carbons (Fsp3) is 0.300. The smallest absolute Gasteiger partial charge is 0.279 e. The van der Waals surface area contributed by atoms with Gasteiger partial charge < -0.3 is 9.05 Å². The van der Waals surface area contributed by atoms with E-state index in [1.165, 1.54) is 26.2 Å². The van der Waals surface area contributed by atoms with Crippen molar-refractivity contribution in [1.29, 1.82) is 0 Å². The summed E-state index contributed by atoms with van der Waals surface area (Å²) in [4.78, 5) is 11.6. The molecule has 1 amide bonds. The molecule has 1 aromatic carbocycles. The van der Waals surface area contributed by atoms with Crippen LogP contribution in [0.15, 0.2) is 30.3 Å². The normalized spacial score (nSPS) is 11.2. The average Bonchev–Trinajstić information content (AvgIpc) is 2.36. The van der Waals surface area contributed by atoms with Crippen molar-refractivity contribution in [3.8, 4) is 0 Å². The summed E-state index contributed by atoms with van der Waals surface area (Å²) in [5, 5.41) is 4.14. The first-order valence-electron chi connectivity index (χ1n) is 4.87. The van der Waals surface area contributed by atoms with Gasteiger partial charge in [-0.15, -0.1) is 0 Å². The molecule has 0 unspecified atom stereocenters. The number of anilines is 1. The Morgan fingerprint density at radius 3 is 2.24 bits per heavy atom. The van der Waals surface area contributed by atoms with E-state index in [1.54, 1.807) is 12.1 Å². The molecule has 0 heterocycles. The van der Waals surface area contributed by atoms with Crippen molar-refractivity contribution in [1.82, 2.24) is 5.20 Å². The van der Waals surface area contributed by atoms with E-state index in [2.05, 4.69) is 5.20 Å². The summed E-state index contributed by atoms with van der Waals surface area (Å²) in [5.74, 6) is -0.195. The van der Waals surface area contributed by atoms with Crippen LogP contribution < -0.4 is 10.2 Å². The first-order chi connectivity index (χ1) is 8.02. The summed E-state index contributed by atoms with van der Waals surface area (Å²) in [6.45, 7) is -1.23. The van der Waals surface area contributed by atoms with Crippen LogP contribution in [0.25, 0.3) is 0 Å². The zero-order valence-corrected chi connectivity index (χ0v) is 11.6. The zero-order valence-electron chi connectivity index (χ0n) is 9.91. The highest BCUT2D eigenvalue weighted by atomic mass is 32.5. The topological polar surface area (TPSA) is 50.8 Å². The summed E-state index contributed by atoms with van der Waals surface area (Å²) in [6.07, 6.45) is 0. The maximum atomic E-state index is 11.6. The molecule has 0 spiro atoms. The molecule has 17 heavy (non-hydrogen) atoms. The van der Waals surface area contributed by atoms with Crippen LogP contribution in [-0.4, -0.2) is 20.1 Å². The van der Waals surface area contributed by atoms with Crippen molar-refractivity contribution >= 4 is 30.0 Å². The molecule has 0 bridgehead atoms. The number of carbonyl (C=O) groups excluding carboxylic acids is 1. The maximum Gasteiger partial charge on any atom is 0.279 e. The fourth-order valence-corrected chi connectivity index (χ4v) is 2.22. The van der Waals surface area contributed by atoms with Crippen LogP contribution in [0.4, 0.5) is 5.69 Å². The molecular formula is C10H15N2O3PS. The van der Waals surface area contributed by atoms with Gasteiger partial charge in [0.25, 0.3) is 6.64 Å². The molecule has 0 aliphatic heterocycles. The molecule has 0 aliphatic carbocycles. The molecule has 1 rings (SSSR count). The molecule has 0 saturated heterocycles. The number of para-hydroxylation sites is 1. The Bertz CT molecular complexity index is 419. The number of nitrogens with zero attached hydrogens (tertiary/aromatic N) is 1.